The maximum atomic E-state index is 13.8. The van der Waals surface area contributed by atoms with Crippen LogP contribution in [0, 0.1) is 9.39 Å². The van der Waals surface area contributed by atoms with Gasteiger partial charge in [-0.2, -0.15) is 0 Å². The van der Waals surface area contributed by atoms with Gasteiger partial charge in [0, 0.05) is 13.7 Å². The Morgan fingerprint density at radius 3 is 2.58 bits per heavy atom. The van der Waals surface area contributed by atoms with Crippen LogP contribution in [-0.2, 0) is 0 Å². The molecule has 0 heterocycles. The quantitative estimate of drug-likeness (QED) is 0.566. The number of hydrogen-bond donors (Lipinski definition) is 1. The number of anilines is 1. The molecule has 0 aliphatic carbocycles. The number of amides is 1. The minimum absolute atomic E-state index is 0.00375. The molecule has 2 aromatic carbocycles. The minimum atomic E-state index is -0.565. The molecule has 0 bridgehead atoms. The second-order valence-electron chi connectivity index (χ2n) is 3.68. The third kappa shape index (κ3) is 3.55. The summed E-state index contributed by atoms with van der Waals surface area (Å²) in [6.45, 7) is 0. The van der Waals surface area contributed by atoms with Gasteiger partial charge in [0.2, 0.25) is 0 Å². The standard InChI is InChI=1S/C13H7Br2FINO/c14-9-3-1-2-8(12(9)16)13(19)18-7-4-5-11(17)10(15)6-7/h1-6H,(H,18,19). The van der Waals surface area contributed by atoms with Gasteiger partial charge in [-0.3, -0.25) is 4.79 Å². The van der Waals surface area contributed by atoms with Crippen LogP contribution in [0.3, 0.4) is 0 Å². The highest BCUT2D eigenvalue weighted by molar-refractivity contribution is 14.1. The van der Waals surface area contributed by atoms with Gasteiger partial charge in [-0.25, -0.2) is 4.39 Å². The molecule has 2 nitrogen and oxygen atoms in total. The molecule has 98 valence electrons. The highest BCUT2D eigenvalue weighted by Gasteiger charge is 2.14. The molecule has 2 rings (SSSR count). The fraction of sp³-hybridized carbons (Fsp3) is 0. The summed E-state index contributed by atoms with van der Waals surface area (Å²) in [6, 6.07) is 10.0. The number of rotatable bonds is 2. The maximum absolute atomic E-state index is 13.8. The molecule has 6 heteroatoms. The number of benzene rings is 2. The Hall–Kier alpha value is -0.470. The third-order valence-electron chi connectivity index (χ3n) is 2.37. The summed E-state index contributed by atoms with van der Waals surface area (Å²) in [5, 5.41) is 2.66. The second kappa shape index (κ2) is 6.32. The summed E-state index contributed by atoms with van der Waals surface area (Å²) < 4.78 is 16.0. The van der Waals surface area contributed by atoms with E-state index in [1.54, 1.807) is 24.3 Å². The lowest BCUT2D eigenvalue weighted by Crippen LogP contribution is -2.14. The maximum Gasteiger partial charge on any atom is 0.258 e. The molecule has 2 aromatic rings. The molecule has 19 heavy (non-hydrogen) atoms. The van der Waals surface area contributed by atoms with Gasteiger partial charge in [0.05, 0.1) is 10.0 Å². The minimum Gasteiger partial charge on any atom is -0.322 e. The SMILES string of the molecule is O=C(Nc1ccc(I)c(Br)c1)c1cccc(Br)c1F. The topological polar surface area (TPSA) is 29.1 Å². The van der Waals surface area contributed by atoms with Gasteiger partial charge in [0.15, 0.2) is 0 Å². The molecular weight excluding hydrogens is 492 g/mol. The van der Waals surface area contributed by atoms with Crippen molar-refractivity contribution in [1.29, 1.82) is 0 Å². The van der Waals surface area contributed by atoms with Crippen LogP contribution in [0.5, 0.6) is 0 Å². The van der Waals surface area contributed by atoms with Crippen molar-refractivity contribution in [1.82, 2.24) is 0 Å². The van der Waals surface area contributed by atoms with Crippen molar-refractivity contribution >= 4 is 66.0 Å². The summed E-state index contributed by atoms with van der Waals surface area (Å²) in [4.78, 5) is 12.0. The molecule has 1 amide bonds. The zero-order valence-corrected chi connectivity index (χ0v) is 14.7. The molecule has 0 fully saturated rings. The highest BCUT2D eigenvalue weighted by atomic mass is 127. The van der Waals surface area contributed by atoms with Crippen molar-refractivity contribution in [3.63, 3.8) is 0 Å². The monoisotopic (exact) mass is 497 g/mol. The lowest BCUT2D eigenvalue weighted by molar-refractivity contribution is 0.102. The Kier molecular flexibility index (Phi) is 4.97. The normalized spacial score (nSPS) is 10.3. The van der Waals surface area contributed by atoms with Gasteiger partial charge < -0.3 is 5.32 Å². The molecule has 0 aliphatic heterocycles. The summed E-state index contributed by atoms with van der Waals surface area (Å²) in [7, 11) is 0. The van der Waals surface area contributed by atoms with E-state index < -0.39 is 11.7 Å². The Morgan fingerprint density at radius 2 is 1.89 bits per heavy atom. The van der Waals surface area contributed by atoms with Crippen LogP contribution in [-0.4, -0.2) is 5.91 Å². The van der Waals surface area contributed by atoms with Crippen molar-refractivity contribution in [3.05, 3.63) is 60.3 Å². The number of nitrogens with one attached hydrogen (secondary N) is 1. The molecule has 0 saturated carbocycles. The van der Waals surface area contributed by atoms with E-state index in [0.717, 1.165) is 8.04 Å². The van der Waals surface area contributed by atoms with E-state index in [2.05, 4.69) is 59.8 Å². The van der Waals surface area contributed by atoms with E-state index in [-0.39, 0.29) is 10.0 Å². The van der Waals surface area contributed by atoms with Crippen LogP contribution in [0.25, 0.3) is 0 Å². The van der Waals surface area contributed by atoms with Crippen molar-refractivity contribution in [3.8, 4) is 0 Å². The van der Waals surface area contributed by atoms with E-state index in [1.165, 1.54) is 6.07 Å². The predicted octanol–water partition coefficient (Wildman–Crippen LogP) is 5.21. The molecule has 0 aliphatic rings. The largest absolute Gasteiger partial charge is 0.322 e. The number of hydrogen-bond acceptors (Lipinski definition) is 1. The van der Waals surface area contributed by atoms with Crippen molar-refractivity contribution < 1.29 is 9.18 Å². The molecule has 0 saturated heterocycles. The van der Waals surface area contributed by atoms with Crippen molar-refractivity contribution in [2.75, 3.05) is 5.32 Å². The van der Waals surface area contributed by atoms with Gasteiger partial charge in [-0.05, 0) is 84.8 Å². The number of carbonyl (C=O) groups is 1. The fourth-order valence-electron chi connectivity index (χ4n) is 1.45. The van der Waals surface area contributed by atoms with Gasteiger partial charge in [-0.1, -0.05) is 6.07 Å². The molecule has 0 unspecified atom stereocenters. The van der Waals surface area contributed by atoms with Gasteiger partial charge in [0.25, 0.3) is 5.91 Å². The second-order valence-corrected chi connectivity index (χ2v) is 6.56. The first kappa shape index (κ1) is 14.9. The Labute approximate surface area is 140 Å². The predicted molar refractivity (Wildman–Crippen MR) is 88.9 cm³/mol. The number of carbonyl (C=O) groups excluding carboxylic acids is 1. The summed E-state index contributed by atoms with van der Waals surface area (Å²) in [5.74, 6) is -1.04. The number of halogens is 4. The average molecular weight is 499 g/mol. The van der Waals surface area contributed by atoms with E-state index >= 15 is 0 Å². The molecule has 0 aromatic heterocycles. The van der Waals surface area contributed by atoms with Crippen LogP contribution in [0.1, 0.15) is 10.4 Å². The Balaban J connectivity index is 2.26. The third-order valence-corrected chi connectivity index (χ3v) is 5.32. The van der Waals surface area contributed by atoms with Gasteiger partial charge >= 0.3 is 0 Å². The van der Waals surface area contributed by atoms with Crippen LogP contribution in [0.2, 0.25) is 0 Å². The van der Waals surface area contributed by atoms with Crippen molar-refractivity contribution in [2.24, 2.45) is 0 Å². The molecule has 0 atom stereocenters. The smallest absolute Gasteiger partial charge is 0.258 e. The molecule has 1 N–H and O–H groups in total. The Bertz CT molecular complexity index is 649. The highest BCUT2D eigenvalue weighted by Crippen LogP contribution is 2.24. The van der Waals surface area contributed by atoms with Crippen LogP contribution in [0.4, 0.5) is 10.1 Å². The van der Waals surface area contributed by atoms with E-state index in [9.17, 15) is 9.18 Å². The van der Waals surface area contributed by atoms with Crippen LogP contribution in [0.15, 0.2) is 45.3 Å². The van der Waals surface area contributed by atoms with E-state index in [0.29, 0.717) is 5.69 Å². The zero-order valence-electron chi connectivity index (χ0n) is 9.38. The van der Waals surface area contributed by atoms with Crippen molar-refractivity contribution in [2.45, 2.75) is 0 Å². The van der Waals surface area contributed by atoms with Gasteiger partial charge in [-0.15, -0.1) is 0 Å². The lowest BCUT2D eigenvalue weighted by atomic mass is 10.2. The molecule has 0 spiro atoms. The van der Waals surface area contributed by atoms with Gasteiger partial charge in [0.1, 0.15) is 5.82 Å². The first-order valence-corrected chi connectivity index (χ1v) is 7.86. The first-order chi connectivity index (χ1) is 8.99. The fourth-order valence-corrected chi connectivity index (χ4v) is 2.53. The molecular formula is C13H7Br2FINO. The summed E-state index contributed by atoms with van der Waals surface area (Å²) >= 11 is 8.61. The summed E-state index contributed by atoms with van der Waals surface area (Å²) in [6.07, 6.45) is 0. The Morgan fingerprint density at radius 1 is 1.16 bits per heavy atom. The average Bonchev–Trinajstić information content (AvgIpc) is 2.37. The molecule has 0 radical (unpaired) electrons. The first-order valence-electron chi connectivity index (χ1n) is 5.19. The van der Waals surface area contributed by atoms with Crippen LogP contribution < -0.4 is 5.32 Å². The zero-order chi connectivity index (χ0) is 14.0. The lowest BCUT2D eigenvalue weighted by Gasteiger charge is -2.08. The van der Waals surface area contributed by atoms with E-state index in [4.69, 9.17) is 0 Å². The van der Waals surface area contributed by atoms with Crippen LogP contribution >= 0.6 is 54.5 Å². The van der Waals surface area contributed by atoms with E-state index in [1.807, 2.05) is 6.07 Å². The summed E-state index contributed by atoms with van der Waals surface area (Å²) in [5.41, 5.74) is 0.612.